The number of aliphatic imine (C=N–C) groups is 1. The van der Waals surface area contributed by atoms with Crippen LogP contribution in [-0.4, -0.2) is 29.7 Å². The molecule has 14 heavy (non-hydrogen) atoms. The quantitative estimate of drug-likeness (QED) is 0.364. The lowest BCUT2D eigenvalue weighted by Crippen LogP contribution is -2.32. The minimum atomic E-state index is 0.494. The van der Waals surface area contributed by atoms with E-state index in [1.807, 2.05) is 13.1 Å². The van der Waals surface area contributed by atoms with Crippen LogP contribution < -0.4 is 11.1 Å². The number of hydrogen-bond acceptors (Lipinski definition) is 2. The van der Waals surface area contributed by atoms with Crippen molar-refractivity contribution in [3.8, 4) is 0 Å². The zero-order valence-electron chi connectivity index (χ0n) is 8.67. The number of nitrogens with zero attached hydrogens (tertiary/aromatic N) is 2. The van der Waals surface area contributed by atoms with Gasteiger partial charge in [0.1, 0.15) is 0 Å². The van der Waals surface area contributed by atoms with Crippen molar-refractivity contribution in [3.63, 3.8) is 0 Å². The Kier molecular flexibility index (Phi) is 3.97. The first kappa shape index (κ1) is 10.6. The zero-order chi connectivity index (χ0) is 10.4. The maximum atomic E-state index is 5.48. The maximum Gasteiger partial charge on any atom is 0.188 e. The van der Waals surface area contributed by atoms with Crippen LogP contribution in [-0.2, 0) is 6.42 Å². The highest BCUT2D eigenvalue weighted by Crippen LogP contribution is 2.04. The average Bonchev–Trinajstić information content (AvgIpc) is 2.58. The van der Waals surface area contributed by atoms with Crippen LogP contribution in [0.15, 0.2) is 11.2 Å². The predicted molar refractivity (Wildman–Crippen MR) is 57.2 cm³/mol. The second-order valence-corrected chi connectivity index (χ2v) is 3.16. The van der Waals surface area contributed by atoms with Crippen molar-refractivity contribution in [2.45, 2.75) is 19.8 Å². The highest BCUT2D eigenvalue weighted by atomic mass is 15.1. The summed E-state index contributed by atoms with van der Waals surface area (Å²) in [5, 5.41) is 9.88. The molecule has 0 aromatic carbocycles. The fraction of sp³-hybridized carbons (Fsp3) is 0.556. The predicted octanol–water partition coefficient (Wildman–Crippen LogP) is 0.185. The van der Waals surface area contributed by atoms with Gasteiger partial charge in [-0.2, -0.15) is 5.10 Å². The SMILES string of the molecule is CN=C(N)NCCCc1cn[nH]c1C. The lowest BCUT2D eigenvalue weighted by Gasteiger charge is -2.03. The van der Waals surface area contributed by atoms with E-state index in [1.165, 1.54) is 5.56 Å². The molecule has 0 spiro atoms. The van der Waals surface area contributed by atoms with Crippen LogP contribution in [0.3, 0.4) is 0 Å². The van der Waals surface area contributed by atoms with E-state index in [0.717, 1.165) is 25.1 Å². The Labute approximate surface area is 83.8 Å². The number of nitrogens with two attached hydrogens (primary N) is 1. The third kappa shape index (κ3) is 3.08. The van der Waals surface area contributed by atoms with Crippen molar-refractivity contribution in [1.82, 2.24) is 15.5 Å². The molecule has 0 bridgehead atoms. The van der Waals surface area contributed by atoms with Gasteiger partial charge in [0.2, 0.25) is 0 Å². The molecule has 78 valence electrons. The van der Waals surface area contributed by atoms with E-state index in [1.54, 1.807) is 7.05 Å². The van der Waals surface area contributed by atoms with E-state index in [-0.39, 0.29) is 0 Å². The standard InChI is InChI=1S/C9H17N5/c1-7-8(6-13-14-7)4-3-5-12-9(10)11-2/h6H,3-5H2,1-2H3,(H,13,14)(H3,10,11,12). The Balaban J connectivity index is 2.20. The van der Waals surface area contributed by atoms with E-state index in [0.29, 0.717) is 5.96 Å². The fourth-order valence-electron chi connectivity index (χ4n) is 1.20. The van der Waals surface area contributed by atoms with Crippen LogP contribution in [0, 0.1) is 6.92 Å². The van der Waals surface area contributed by atoms with Crippen LogP contribution in [0.25, 0.3) is 0 Å². The number of guanidine groups is 1. The molecule has 0 aliphatic heterocycles. The minimum absolute atomic E-state index is 0.494. The average molecular weight is 195 g/mol. The monoisotopic (exact) mass is 195 g/mol. The molecule has 0 saturated heterocycles. The van der Waals surface area contributed by atoms with Gasteiger partial charge in [-0.15, -0.1) is 0 Å². The third-order valence-electron chi connectivity index (χ3n) is 2.10. The summed E-state index contributed by atoms with van der Waals surface area (Å²) in [4.78, 5) is 3.81. The number of nitrogens with one attached hydrogen (secondary N) is 2. The number of H-pyrrole nitrogens is 1. The summed E-state index contributed by atoms with van der Waals surface area (Å²) in [7, 11) is 1.67. The Hall–Kier alpha value is -1.52. The molecule has 0 unspecified atom stereocenters. The van der Waals surface area contributed by atoms with Crippen LogP contribution in [0.4, 0.5) is 0 Å². The normalized spacial score (nSPS) is 11.7. The smallest absolute Gasteiger partial charge is 0.188 e. The van der Waals surface area contributed by atoms with E-state index in [4.69, 9.17) is 5.73 Å². The lowest BCUT2D eigenvalue weighted by molar-refractivity contribution is 0.766. The third-order valence-corrected chi connectivity index (χ3v) is 2.10. The summed E-state index contributed by atoms with van der Waals surface area (Å²) >= 11 is 0. The summed E-state index contributed by atoms with van der Waals surface area (Å²) in [6.07, 6.45) is 3.90. The Morgan fingerprint density at radius 3 is 3.07 bits per heavy atom. The molecule has 1 aromatic rings. The first-order valence-electron chi connectivity index (χ1n) is 4.69. The summed E-state index contributed by atoms with van der Waals surface area (Å²) in [5.41, 5.74) is 7.89. The molecule has 0 atom stereocenters. The van der Waals surface area contributed by atoms with Crippen molar-refractivity contribution in [3.05, 3.63) is 17.5 Å². The van der Waals surface area contributed by atoms with E-state index in [9.17, 15) is 0 Å². The highest BCUT2D eigenvalue weighted by molar-refractivity contribution is 5.77. The number of aromatic amines is 1. The van der Waals surface area contributed by atoms with Gasteiger partial charge in [0.15, 0.2) is 5.96 Å². The topological polar surface area (TPSA) is 79.1 Å². The van der Waals surface area contributed by atoms with Gasteiger partial charge in [0.25, 0.3) is 0 Å². The second kappa shape index (κ2) is 5.26. The summed E-state index contributed by atoms with van der Waals surface area (Å²) in [6, 6.07) is 0. The van der Waals surface area contributed by atoms with Crippen LogP contribution >= 0.6 is 0 Å². The summed E-state index contributed by atoms with van der Waals surface area (Å²) in [6.45, 7) is 2.87. The number of rotatable bonds is 4. The van der Waals surface area contributed by atoms with Crippen molar-refractivity contribution >= 4 is 5.96 Å². The molecule has 0 amide bonds. The van der Waals surface area contributed by atoms with Gasteiger partial charge in [-0.3, -0.25) is 10.1 Å². The van der Waals surface area contributed by atoms with Crippen molar-refractivity contribution in [1.29, 1.82) is 0 Å². The zero-order valence-corrected chi connectivity index (χ0v) is 8.67. The van der Waals surface area contributed by atoms with Crippen LogP contribution in [0.2, 0.25) is 0 Å². The summed E-state index contributed by atoms with van der Waals surface area (Å²) < 4.78 is 0. The molecule has 0 saturated carbocycles. The molecule has 0 aliphatic carbocycles. The minimum Gasteiger partial charge on any atom is -0.370 e. The number of aromatic nitrogens is 2. The van der Waals surface area contributed by atoms with Crippen molar-refractivity contribution < 1.29 is 0 Å². The highest BCUT2D eigenvalue weighted by Gasteiger charge is 1.99. The fourth-order valence-corrected chi connectivity index (χ4v) is 1.20. The molecule has 5 nitrogen and oxygen atoms in total. The lowest BCUT2D eigenvalue weighted by atomic mass is 10.1. The maximum absolute atomic E-state index is 5.48. The van der Waals surface area contributed by atoms with E-state index >= 15 is 0 Å². The molecule has 5 heteroatoms. The second-order valence-electron chi connectivity index (χ2n) is 3.16. The molecule has 1 rings (SSSR count). The molecular weight excluding hydrogens is 178 g/mol. The molecular formula is C9H17N5. The molecule has 1 heterocycles. The van der Waals surface area contributed by atoms with Gasteiger partial charge in [0, 0.05) is 19.3 Å². The van der Waals surface area contributed by atoms with Gasteiger partial charge < -0.3 is 11.1 Å². The van der Waals surface area contributed by atoms with Crippen molar-refractivity contribution in [2.75, 3.05) is 13.6 Å². The molecule has 0 radical (unpaired) electrons. The number of hydrogen-bond donors (Lipinski definition) is 3. The van der Waals surface area contributed by atoms with Gasteiger partial charge in [-0.05, 0) is 25.3 Å². The molecule has 0 fully saturated rings. The van der Waals surface area contributed by atoms with Crippen LogP contribution in [0.1, 0.15) is 17.7 Å². The Morgan fingerprint density at radius 1 is 1.71 bits per heavy atom. The Bertz CT molecular complexity index is 302. The first-order valence-corrected chi connectivity index (χ1v) is 4.69. The first-order chi connectivity index (χ1) is 6.74. The van der Waals surface area contributed by atoms with Crippen LogP contribution in [0.5, 0.6) is 0 Å². The molecule has 4 N–H and O–H groups in total. The molecule has 1 aromatic heterocycles. The largest absolute Gasteiger partial charge is 0.370 e. The van der Waals surface area contributed by atoms with Gasteiger partial charge in [0.05, 0.1) is 6.20 Å². The van der Waals surface area contributed by atoms with E-state index in [2.05, 4.69) is 20.5 Å². The summed E-state index contributed by atoms with van der Waals surface area (Å²) in [5.74, 6) is 0.494. The van der Waals surface area contributed by atoms with Gasteiger partial charge in [-0.25, -0.2) is 0 Å². The van der Waals surface area contributed by atoms with Gasteiger partial charge >= 0.3 is 0 Å². The van der Waals surface area contributed by atoms with Gasteiger partial charge in [-0.1, -0.05) is 0 Å². The number of aryl methyl sites for hydroxylation is 2. The Morgan fingerprint density at radius 2 is 2.50 bits per heavy atom. The molecule has 0 aliphatic rings. The van der Waals surface area contributed by atoms with E-state index < -0.39 is 0 Å². The van der Waals surface area contributed by atoms with Crippen molar-refractivity contribution in [2.24, 2.45) is 10.7 Å².